The molecule has 5 heteroatoms. The second-order valence-electron chi connectivity index (χ2n) is 8.49. The zero-order valence-electron chi connectivity index (χ0n) is 16.9. The van der Waals surface area contributed by atoms with Crippen molar-refractivity contribution in [3.05, 3.63) is 48.0 Å². The van der Waals surface area contributed by atoms with Crippen LogP contribution in [-0.4, -0.2) is 41.2 Å². The van der Waals surface area contributed by atoms with Crippen LogP contribution in [0.3, 0.4) is 0 Å². The van der Waals surface area contributed by atoms with E-state index < -0.39 is 5.97 Å². The van der Waals surface area contributed by atoms with Crippen LogP contribution < -0.4 is 0 Å². The van der Waals surface area contributed by atoms with Gasteiger partial charge in [0.15, 0.2) is 0 Å². The Kier molecular flexibility index (Phi) is 7.33. The number of carbonyl (C=O) groups is 1. The first-order chi connectivity index (χ1) is 14.2. The van der Waals surface area contributed by atoms with Crippen molar-refractivity contribution in [3.63, 3.8) is 0 Å². The van der Waals surface area contributed by atoms with Gasteiger partial charge >= 0.3 is 5.97 Å². The fraction of sp³-hybridized carbons (Fsp3) is 0.625. The number of hydrogen-bond donors (Lipinski definition) is 1. The van der Waals surface area contributed by atoms with Crippen LogP contribution in [0.25, 0.3) is 0 Å². The number of benzene rings is 1. The van der Waals surface area contributed by atoms with Gasteiger partial charge in [-0.3, -0.25) is 4.79 Å². The van der Waals surface area contributed by atoms with Crippen molar-refractivity contribution >= 4 is 17.7 Å². The molecule has 1 aromatic carbocycles. The molecule has 1 aromatic rings. The second-order valence-corrected chi connectivity index (χ2v) is 9.59. The summed E-state index contributed by atoms with van der Waals surface area (Å²) >= 11 is 2.03. The average molecular weight is 417 g/mol. The van der Waals surface area contributed by atoms with Crippen LogP contribution in [-0.2, 0) is 20.0 Å². The van der Waals surface area contributed by atoms with Crippen molar-refractivity contribution in [2.45, 2.75) is 75.1 Å². The Labute approximate surface area is 178 Å². The molecule has 0 aliphatic carbocycles. The Balaban J connectivity index is 1.16. The largest absolute Gasteiger partial charge is 0.481 e. The molecule has 6 atom stereocenters. The van der Waals surface area contributed by atoms with Crippen LogP contribution in [0, 0.1) is 11.8 Å². The van der Waals surface area contributed by atoms with Crippen molar-refractivity contribution in [2.75, 3.05) is 5.75 Å². The maximum Gasteiger partial charge on any atom is 0.303 e. The van der Waals surface area contributed by atoms with Gasteiger partial charge in [-0.15, -0.1) is 0 Å². The van der Waals surface area contributed by atoms with E-state index in [-0.39, 0.29) is 12.5 Å². The molecule has 3 aliphatic rings. The molecule has 0 unspecified atom stereocenters. The molecule has 3 heterocycles. The van der Waals surface area contributed by atoms with Crippen LogP contribution in [0.1, 0.15) is 50.5 Å². The lowest BCUT2D eigenvalue weighted by Crippen LogP contribution is -2.32. The Bertz CT molecular complexity index is 691. The van der Waals surface area contributed by atoms with Crippen LogP contribution in [0.2, 0.25) is 0 Å². The molecule has 4 nitrogen and oxygen atoms in total. The van der Waals surface area contributed by atoms with Gasteiger partial charge in [0.25, 0.3) is 0 Å². The molecule has 158 valence electrons. The highest BCUT2D eigenvalue weighted by molar-refractivity contribution is 7.98. The van der Waals surface area contributed by atoms with Crippen molar-refractivity contribution in [1.82, 2.24) is 0 Å². The highest BCUT2D eigenvalue weighted by Crippen LogP contribution is 2.56. The van der Waals surface area contributed by atoms with E-state index >= 15 is 0 Å². The summed E-state index contributed by atoms with van der Waals surface area (Å²) in [5.41, 5.74) is 1.41. The molecular formula is C24H32O4S. The molecule has 3 fully saturated rings. The first kappa shape index (κ1) is 21.0. The molecule has 4 rings (SSSR count). The molecule has 2 bridgehead atoms. The van der Waals surface area contributed by atoms with Crippen LogP contribution in [0.5, 0.6) is 0 Å². The number of hydrogen-bond acceptors (Lipinski definition) is 4. The molecule has 0 amide bonds. The topological polar surface area (TPSA) is 59.1 Å². The number of fused-ring (bicyclic) bond motifs is 5. The highest BCUT2D eigenvalue weighted by atomic mass is 32.2. The summed E-state index contributed by atoms with van der Waals surface area (Å²) in [6.45, 7) is 0. The zero-order chi connectivity index (χ0) is 20.1. The Morgan fingerprint density at radius 1 is 0.966 bits per heavy atom. The van der Waals surface area contributed by atoms with Gasteiger partial charge < -0.3 is 14.6 Å². The SMILES string of the molecule is O=C(O)CCC/C=C\C[C@H]1[C@@H](CCCCSCc2ccccc2)[C@@H]2O[C@H]1[C@@H]1O[C@@H]12. The molecule has 0 radical (unpaired) electrons. The Morgan fingerprint density at radius 3 is 2.52 bits per heavy atom. The van der Waals surface area contributed by atoms with Crippen LogP contribution >= 0.6 is 11.8 Å². The fourth-order valence-corrected chi connectivity index (χ4v) is 5.94. The number of carboxylic acids is 1. The number of rotatable bonds is 13. The molecule has 0 aromatic heterocycles. The van der Waals surface area contributed by atoms with E-state index in [1.54, 1.807) is 0 Å². The summed E-state index contributed by atoms with van der Waals surface area (Å²) in [4.78, 5) is 10.6. The Hall–Kier alpha value is -1.30. The first-order valence-corrected chi connectivity index (χ1v) is 12.2. The minimum atomic E-state index is -0.709. The summed E-state index contributed by atoms with van der Waals surface area (Å²) in [7, 11) is 0. The third kappa shape index (κ3) is 5.44. The number of thioether (sulfide) groups is 1. The van der Waals surface area contributed by atoms with Gasteiger partial charge in [-0.2, -0.15) is 11.8 Å². The first-order valence-electron chi connectivity index (χ1n) is 11.0. The highest BCUT2D eigenvalue weighted by Gasteiger charge is 2.68. The van der Waals surface area contributed by atoms with Crippen LogP contribution in [0.4, 0.5) is 0 Å². The third-order valence-electron chi connectivity index (χ3n) is 6.44. The molecule has 0 spiro atoms. The van der Waals surface area contributed by atoms with Crippen molar-refractivity contribution < 1.29 is 19.4 Å². The predicted molar refractivity (Wildman–Crippen MR) is 116 cm³/mol. The van der Waals surface area contributed by atoms with E-state index in [0.717, 1.165) is 25.0 Å². The van der Waals surface area contributed by atoms with E-state index in [4.69, 9.17) is 14.6 Å². The van der Waals surface area contributed by atoms with Crippen LogP contribution in [0.15, 0.2) is 42.5 Å². The lowest BCUT2D eigenvalue weighted by Gasteiger charge is -2.25. The lowest BCUT2D eigenvalue weighted by molar-refractivity contribution is -0.137. The van der Waals surface area contributed by atoms with E-state index in [0.29, 0.717) is 30.1 Å². The van der Waals surface area contributed by atoms with E-state index in [1.165, 1.54) is 30.6 Å². The predicted octanol–water partition coefficient (Wildman–Crippen LogP) is 5.07. The third-order valence-corrected chi connectivity index (χ3v) is 7.56. The molecule has 0 saturated carbocycles. The molecule has 29 heavy (non-hydrogen) atoms. The smallest absolute Gasteiger partial charge is 0.303 e. The number of allylic oxidation sites excluding steroid dienone is 2. The van der Waals surface area contributed by atoms with Gasteiger partial charge in [0.2, 0.25) is 0 Å². The molecular weight excluding hydrogens is 384 g/mol. The van der Waals surface area contributed by atoms with E-state index in [9.17, 15) is 4.79 Å². The van der Waals surface area contributed by atoms with Gasteiger partial charge in [-0.25, -0.2) is 0 Å². The standard InChI is InChI=1S/C24H32O4S/c25-20(26)14-7-2-1-6-12-18-19(22-24-23(28-24)21(18)27-22)13-8-9-15-29-16-17-10-4-3-5-11-17/h1,3-6,10-11,18-19,21-24H,2,7-9,12-16H2,(H,25,26)/b6-1-/t18-,19+,21+,22-,23-,24+/m0/s1. The maximum absolute atomic E-state index is 10.6. The van der Waals surface area contributed by atoms with E-state index in [1.807, 2.05) is 11.8 Å². The van der Waals surface area contributed by atoms with Crippen molar-refractivity contribution in [2.24, 2.45) is 11.8 Å². The molecule has 1 N–H and O–H groups in total. The Morgan fingerprint density at radius 2 is 1.72 bits per heavy atom. The molecule has 3 aliphatic heterocycles. The monoisotopic (exact) mass is 416 g/mol. The van der Waals surface area contributed by atoms with Gasteiger partial charge in [-0.05, 0) is 55.3 Å². The minimum absolute atomic E-state index is 0.254. The molecule has 3 saturated heterocycles. The fourth-order valence-electron chi connectivity index (χ4n) is 4.96. The number of carboxylic acid groups (broad SMARTS) is 1. The summed E-state index contributed by atoms with van der Waals surface area (Å²) in [5, 5.41) is 8.72. The van der Waals surface area contributed by atoms with Gasteiger partial charge in [-0.1, -0.05) is 48.9 Å². The number of ether oxygens (including phenoxy) is 2. The van der Waals surface area contributed by atoms with Crippen molar-refractivity contribution in [1.29, 1.82) is 0 Å². The summed E-state index contributed by atoms with van der Waals surface area (Å²) < 4.78 is 12.1. The lowest BCUT2D eigenvalue weighted by atomic mass is 9.75. The number of epoxide rings is 1. The second kappa shape index (κ2) is 10.1. The average Bonchev–Trinajstić information content (AvgIpc) is 3.35. The van der Waals surface area contributed by atoms with Gasteiger partial charge in [0.05, 0.1) is 12.2 Å². The summed E-state index contributed by atoms with van der Waals surface area (Å²) in [5.74, 6) is 2.79. The summed E-state index contributed by atoms with van der Waals surface area (Å²) in [6, 6.07) is 10.7. The van der Waals surface area contributed by atoms with Gasteiger partial charge in [0, 0.05) is 12.2 Å². The number of aliphatic carboxylic acids is 1. The van der Waals surface area contributed by atoms with E-state index in [2.05, 4.69) is 42.5 Å². The normalized spacial score (nSPS) is 32.0. The number of unbranched alkanes of at least 4 members (excludes halogenated alkanes) is 2. The summed E-state index contributed by atoms with van der Waals surface area (Å²) in [6.07, 6.45) is 12.3. The quantitative estimate of drug-likeness (QED) is 0.276. The minimum Gasteiger partial charge on any atom is -0.481 e. The maximum atomic E-state index is 10.6. The van der Waals surface area contributed by atoms with Gasteiger partial charge in [0.1, 0.15) is 12.2 Å². The van der Waals surface area contributed by atoms with Crippen molar-refractivity contribution in [3.8, 4) is 0 Å². The zero-order valence-corrected chi connectivity index (χ0v) is 17.8.